The fourth-order valence-corrected chi connectivity index (χ4v) is 5.52. The van der Waals surface area contributed by atoms with E-state index in [1.807, 2.05) is 0 Å². The zero-order valence-electron chi connectivity index (χ0n) is 19.3. The Morgan fingerprint density at radius 3 is 2.49 bits per heavy atom. The zero-order valence-corrected chi connectivity index (χ0v) is 21.3. The van der Waals surface area contributed by atoms with Crippen LogP contribution in [-0.4, -0.2) is 68.5 Å². The third kappa shape index (κ3) is 4.07. The second-order valence-corrected chi connectivity index (χ2v) is 9.01. The summed E-state index contributed by atoms with van der Waals surface area (Å²) < 4.78 is 0. The van der Waals surface area contributed by atoms with Crippen molar-refractivity contribution < 1.29 is 58.8 Å². The summed E-state index contributed by atoms with van der Waals surface area (Å²) in [7, 11) is 0. The number of nitro groups is 1. The van der Waals surface area contributed by atoms with Gasteiger partial charge < -0.3 is 24.6 Å². The molecule has 0 saturated carbocycles. The quantitative estimate of drug-likeness (QED) is 0.139. The van der Waals surface area contributed by atoms with E-state index in [2.05, 4.69) is 0 Å². The molecule has 0 radical (unpaired) electrons. The van der Waals surface area contributed by atoms with E-state index in [0.717, 1.165) is 5.56 Å². The van der Waals surface area contributed by atoms with Gasteiger partial charge >= 0.3 is 29.6 Å². The average molecular weight is 488 g/mol. The van der Waals surface area contributed by atoms with Crippen molar-refractivity contribution in [1.82, 2.24) is 14.7 Å². The first-order valence-electron chi connectivity index (χ1n) is 11.0. The second kappa shape index (κ2) is 9.21. The van der Waals surface area contributed by atoms with E-state index in [0.29, 0.717) is 37.1 Å². The van der Waals surface area contributed by atoms with Crippen LogP contribution in [0.2, 0.25) is 0 Å². The molecule has 4 heterocycles. The first-order chi connectivity index (χ1) is 16.2. The Morgan fingerprint density at radius 1 is 1.20 bits per heavy atom. The molecular weight excluding hydrogens is 467 g/mol. The maximum absolute atomic E-state index is 13.0. The summed E-state index contributed by atoms with van der Waals surface area (Å²) in [6.45, 7) is 2.44. The predicted octanol–water partition coefficient (Wildman–Crippen LogP) is -3.28. The van der Waals surface area contributed by atoms with Crippen molar-refractivity contribution in [2.45, 2.75) is 38.4 Å². The van der Waals surface area contributed by atoms with Crippen molar-refractivity contribution in [1.29, 1.82) is 0 Å². The second-order valence-electron chi connectivity index (χ2n) is 9.01. The van der Waals surface area contributed by atoms with Crippen LogP contribution in [-0.2, 0) is 25.7 Å². The van der Waals surface area contributed by atoms with Crippen molar-refractivity contribution >= 4 is 29.4 Å². The van der Waals surface area contributed by atoms with Gasteiger partial charge in [-0.1, -0.05) is 12.1 Å². The van der Waals surface area contributed by atoms with Crippen LogP contribution in [0.3, 0.4) is 0 Å². The Morgan fingerprint density at radius 2 is 1.89 bits per heavy atom. The molecule has 5 rings (SSSR count). The number of benzene rings is 1. The molecule has 1 aromatic carbocycles. The molecule has 12 heteroatoms. The molecule has 0 aromatic heterocycles. The summed E-state index contributed by atoms with van der Waals surface area (Å²) >= 11 is 0. The van der Waals surface area contributed by atoms with Gasteiger partial charge in [0.2, 0.25) is 11.8 Å². The van der Waals surface area contributed by atoms with E-state index in [4.69, 9.17) is 0 Å². The van der Waals surface area contributed by atoms with E-state index in [1.54, 1.807) is 23.1 Å². The fraction of sp³-hybridized carbons (Fsp3) is 0.391. The third-order valence-corrected chi connectivity index (χ3v) is 7.07. The number of β-lactam (4-membered cyclic amide) rings is 1. The first-order valence-corrected chi connectivity index (χ1v) is 11.0. The van der Waals surface area contributed by atoms with E-state index in [1.165, 1.54) is 28.9 Å². The van der Waals surface area contributed by atoms with E-state index < -0.39 is 22.8 Å². The molecule has 3 fully saturated rings. The number of amides is 3. The maximum Gasteiger partial charge on any atom is 1.00 e. The Hall–Kier alpha value is -3.02. The molecule has 2 unspecified atom stereocenters. The average Bonchev–Trinajstić information content (AvgIpc) is 3.32. The first kappa shape index (κ1) is 25.1. The number of likely N-dealkylation sites (tertiary alicyclic amines) is 2. The molecule has 4 aliphatic heterocycles. The summed E-state index contributed by atoms with van der Waals surface area (Å²) in [4.78, 5) is 64.3. The monoisotopic (exact) mass is 488 g/mol. The van der Waals surface area contributed by atoms with Gasteiger partial charge in [0.25, 0.3) is 11.6 Å². The SMILES string of the molecule is CC(=O)N1CC2CC(/C=C3\CCN(Cc4ccc([N+](=O)[O-])cc4)C3=O)=C(C(=O)[O-])N3C(=O)C1[C@@H]23.[Na+]. The summed E-state index contributed by atoms with van der Waals surface area (Å²) in [5.74, 6) is -2.50. The maximum atomic E-state index is 13.0. The van der Waals surface area contributed by atoms with Gasteiger partial charge in [0, 0.05) is 50.2 Å². The topological polar surface area (TPSA) is 144 Å². The number of allylic oxidation sites excluding steroid dienone is 2. The van der Waals surface area contributed by atoms with Crippen LogP contribution in [0.4, 0.5) is 5.69 Å². The molecule has 0 spiro atoms. The number of rotatable bonds is 5. The minimum Gasteiger partial charge on any atom is -0.543 e. The van der Waals surface area contributed by atoms with E-state index >= 15 is 0 Å². The van der Waals surface area contributed by atoms with Crippen LogP contribution in [0.15, 0.2) is 47.2 Å². The molecule has 4 aliphatic rings. The molecular formula is C23H21N4NaO7. The standard InChI is InChI=1S/C23H22N4O7.Na/c1-12(28)25-11-16-9-15(19(23(31)32)26-18(16)20(25)22(26)30)8-14-6-7-24(21(14)29)10-13-2-4-17(5-3-13)27(33)34;/h2-5,8,16,18,20H,6-7,9-11H2,1H3,(H,31,32);/q;+1/p-1/b14-8+;/t16?,18-,20?;/m1./s1. The van der Waals surface area contributed by atoms with Crippen LogP contribution >= 0.6 is 0 Å². The molecule has 0 N–H and O–H groups in total. The van der Waals surface area contributed by atoms with Crippen LogP contribution < -0.4 is 34.7 Å². The van der Waals surface area contributed by atoms with Gasteiger partial charge in [0.1, 0.15) is 6.04 Å². The minimum atomic E-state index is -1.48. The fourth-order valence-electron chi connectivity index (χ4n) is 5.52. The Labute approximate surface area is 222 Å². The van der Waals surface area contributed by atoms with Crippen molar-refractivity contribution in [3.05, 3.63) is 62.9 Å². The van der Waals surface area contributed by atoms with Gasteiger partial charge in [-0.05, 0) is 30.1 Å². The summed E-state index contributed by atoms with van der Waals surface area (Å²) in [6.07, 6.45) is 2.29. The van der Waals surface area contributed by atoms with Gasteiger partial charge in [0.15, 0.2) is 0 Å². The molecule has 0 aliphatic carbocycles. The number of carboxylic acids is 1. The Balaban J connectivity index is 0.00000289. The number of non-ortho nitro benzene ring substituents is 1. The molecule has 3 atom stereocenters. The zero-order chi connectivity index (χ0) is 24.3. The molecule has 0 bridgehead atoms. The van der Waals surface area contributed by atoms with Crippen LogP contribution in [0.25, 0.3) is 0 Å². The summed E-state index contributed by atoms with van der Waals surface area (Å²) in [6, 6.07) is 4.95. The minimum absolute atomic E-state index is 0. The normalized spacial score (nSPS) is 26.0. The van der Waals surface area contributed by atoms with Crippen molar-refractivity contribution in [2.75, 3.05) is 13.1 Å². The van der Waals surface area contributed by atoms with Crippen LogP contribution in [0.1, 0.15) is 25.3 Å². The van der Waals surface area contributed by atoms with Crippen LogP contribution in [0, 0.1) is 16.0 Å². The number of nitro benzene ring substituents is 1. The number of carbonyl (C=O) groups excluding carboxylic acids is 4. The van der Waals surface area contributed by atoms with Gasteiger partial charge in [0.05, 0.1) is 22.6 Å². The van der Waals surface area contributed by atoms with Gasteiger partial charge in [-0.2, -0.15) is 0 Å². The number of nitrogens with zero attached hydrogens (tertiary/aromatic N) is 4. The molecule has 1 aromatic rings. The number of aliphatic carboxylic acids is 1. The number of hydrogen-bond acceptors (Lipinski definition) is 7. The molecule has 11 nitrogen and oxygen atoms in total. The van der Waals surface area contributed by atoms with E-state index in [9.17, 15) is 34.4 Å². The van der Waals surface area contributed by atoms with Crippen molar-refractivity contribution in [3.8, 4) is 0 Å². The van der Waals surface area contributed by atoms with Crippen molar-refractivity contribution in [2.24, 2.45) is 5.92 Å². The van der Waals surface area contributed by atoms with Gasteiger partial charge in [-0.25, -0.2) is 0 Å². The number of hydrogen-bond donors (Lipinski definition) is 0. The summed E-state index contributed by atoms with van der Waals surface area (Å²) in [5, 5.41) is 22.8. The molecule has 3 amide bonds. The molecule has 176 valence electrons. The van der Waals surface area contributed by atoms with Crippen LogP contribution in [0.5, 0.6) is 0 Å². The van der Waals surface area contributed by atoms with Gasteiger partial charge in [-0.3, -0.25) is 24.5 Å². The molecule has 3 saturated heterocycles. The smallest absolute Gasteiger partial charge is 0.543 e. The predicted molar refractivity (Wildman–Crippen MR) is 113 cm³/mol. The Kier molecular flexibility index (Phi) is 6.60. The van der Waals surface area contributed by atoms with Gasteiger partial charge in [-0.15, -0.1) is 0 Å². The van der Waals surface area contributed by atoms with E-state index in [-0.39, 0.29) is 71.3 Å². The number of carbonyl (C=O) groups is 4. The Bertz CT molecular complexity index is 1210. The number of carboxylic acid groups (broad SMARTS) is 1. The van der Waals surface area contributed by atoms with Crippen molar-refractivity contribution in [3.63, 3.8) is 0 Å². The largest absolute Gasteiger partial charge is 1.00 e. The third-order valence-electron chi connectivity index (χ3n) is 7.07. The summed E-state index contributed by atoms with van der Waals surface area (Å²) in [5.41, 5.74) is 1.27. The molecule has 35 heavy (non-hydrogen) atoms.